The van der Waals surface area contributed by atoms with Crippen molar-refractivity contribution in [2.75, 3.05) is 6.54 Å². The molecule has 0 unspecified atom stereocenters. The summed E-state index contributed by atoms with van der Waals surface area (Å²) in [6.45, 7) is 2.71. The fourth-order valence-electron chi connectivity index (χ4n) is 3.81. The van der Waals surface area contributed by atoms with Gasteiger partial charge in [-0.15, -0.1) is 0 Å². The van der Waals surface area contributed by atoms with Crippen LogP contribution in [0.4, 0.5) is 13.2 Å². The van der Waals surface area contributed by atoms with Gasteiger partial charge in [0.05, 0.1) is 12.0 Å². The zero-order valence-corrected chi connectivity index (χ0v) is 17.5. The van der Waals surface area contributed by atoms with Crippen LogP contribution in [-0.4, -0.2) is 42.4 Å². The summed E-state index contributed by atoms with van der Waals surface area (Å²) in [6.07, 6.45) is -1.30. The second-order valence-electron chi connectivity index (χ2n) is 8.17. The third-order valence-corrected chi connectivity index (χ3v) is 5.36. The van der Waals surface area contributed by atoms with E-state index in [1.54, 1.807) is 0 Å². The van der Waals surface area contributed by atoms with E-state index in [2.05, 4.69) is 19.9 Å². The molecule has 5 rings (SSSR count). The van der Waals surface area contributed by atoms with E-state index in [-0.39, 0.29) is 18.0 Å². The zero-order valence-electron chi connectivity index (χ0n) is 17.5. The average Bonchev–Trinajstić information content (AvgIpc) is 3.48. The number of oxazole rings is 2. The van der Waals surface area contributed by atoms with Crippen molar-refractivity contribution >= 4 is 17.0 Å². The number of carbonyl (C=O) groups excluding carboxylic acids is 1. The van der Waals surface area contributed by atoms with Crippen molar-refractivity contribution in [2.24, 2.45) is 0 Å². The molecule has 0 radical (unpaired) electrons. The van der Waals surface area contributed by atoms with E-state index in [4.69, 9.17) is 8.83 Å². The van der Waals surface area contributed by atoms with Gasteiger partial charge in [0.1, 0.15) is 16.9 Å². The van der Waals surface area contributed by atoms with E-state index in [1.165, 1.54) is 43.3 Å². The fourth-order valence-corrected chi connectivity index (χ4v) is 3.81. The Balaban J connectivity index is 1.62. The number of imidazole rings is 1. The second kappa shape index (κ2) is 7.44. The minimum atomic E-state index is -3.11. The first-order valence-corrected chi connectivity index (χ1v) is 10.0. The highest BCUT2D eigenvalue weighted by molar-refractivity contribution is 5.93. The first-order valence-electron chi connectivity index (χ1n) is 10.0. The number of aromatic amines is 1. The van der Waals surface area contributed by atoms with E-state index >= 15 is 0 Å². The quantitative estimate of drug-likeness (QED) is 0.476. The Labute approximate surface area is 184 Å². The van der Waals surface area contributed by atoms with Crippen LogP contribution in [0.1, 0.15) is 65.7 Å². The summed E-state index contributed by atoms with van der Waals surface area (Å²) in [7, 11) is 0. The summed E-state index contributed by atoms with van der Waals surface area (Å²) in [5.74, 6) is -2.46. The number of nitrogens with zero attached hydrogens (tertiary/aromatic N) is 4. The zero-order chi connectivity index (χ0) is 23.5. The molecular weight excluding hydrogens is 443 g/mol. The molecular formula is C21H18F3N5O4. The molecule has 0 aliphatic carbocycles. The number of rotatable bonds is 4. The van der Waals surface area contributed by atoms with Gasteiger partial charge in [0, 0.05) is 24.7 Å². The Morgan fingerprint density at radius 2 is 2.09 bits per heavy atom. The molecule has 1 atom stereocenters. The van der Waals surface area contributed by atoms with Gasteiger partial charge in [0.15, 0.2) is 17.3 Å². The lowest BCUT2D eigenvalue weighted by atomic mass is 10.0. The summed E-state index contributed by atoms with van der Waals surface area (Å²) in [4.78, 5) is 29.9. The molecule has 1 aliphatic rings. The topological polar surface area (TPSA) is 121 Å². The monoisotopic (exact) mass is 461 g/mol. The largest absolute Gasteiger partial charge is 0.438 e. The van der Waals surface area contributed by atoms with E-state index < -0.39 is 47.1 Å². The molecule has 0 spiro atoms. The molecule has 33 heavy (non-hydrogen) atoms. The van der Waals surface area contributed by atoms with Crippen molar-refractivity contribution in [3.05, 3.63) is 65.0 Å². The minimum Gasteiger partial charge on any atom is -0.438 e. The summed E-state index contributed by atoms with van der Waals surface area (Å²) < 4.78 is 52.1. The number of fused-ring (bicyclic) bond motifs is 2. The lowest BCUT2D eigenvalue weighted by Crippen LogP contribution is -2.41. The van der Waals surface area contributed by atoms with Crippen molar-refractivity contribution in [3.63, 3.8) is 0 Å². The molecule has 9 nitrogen and oxygen atoms in total. The molecule has 4 aromatic rings. The van der Waals surface area contributed by atoms with Gasteiger partial charge < -0.3 is 23.8 Å². The van der Waals surface area contributed by atoms with Crippen molar-refractivity contribution in [1.29, 1.82) is 0 Å². The highest BCUT2D eigenvalue weighted by Gasteiger charge is 2.41. The van der Waals surface area contributed by atoms with Gasteiger partial charge in [0.2, 0.25) is 17.5 Å². The summed E-state index contributed by atoms with van der Waals surface area (Å²) in [6, 6.07) is 2.82. The van der Waals surface area contributed by atoms with Crippen LogP contribution in [0.3, 0.4) is 0 Å². The Hall–Kier alpha value is -3.67. The van der Waals surface area contributed by atoms with Crippen LogP contribution in [0.2, 0.25) is 0 Å². The SMILES string of the molecule is CC(C)(O)c1nc(C(F)F)c(C(=O)N2CCc3[nH]cnc3[C@H]2c2nc3cc(F)ccc3o2)o1. The molecule has 4 heterocycles. The Bertz CT molecular complexity index is 1350. The molecule has 172 valence electrons. The predicted octanol–water partition coefficient (Wildman–Crippen LogP) is 3.63. The third-order valence-electron chi connectivity index (χ3n) is 5.36. The number of alkyl halides is 2. The maximum atomic E-state index is 13.7. The number of H-pyrrole nitrogens is 1. The normalized spacial score (nSPS) is 16.6. The summed E-state index contributed by atoms with van der Waals surface area (Å²) >= 11 is 0. The van der Waals surface area contributed by atoms with Crippen LogP contribution in [0.25, 0.3) is 11.1 Å². The van der Waals surface area contributed by atoms with Gasteiger partial charge in [-0.2, -0.15) is 0 Å². The number of halogens is 3. The van der Waals surface area contributed by atoms with Gasteiger partial charge in [-0.05, 0) is 26.0 Å². The number of nitrogens with one attached hydrogen (secondary N) is 1. The predicted molar refractivity (Wildman–Crippen MR) is 106 cm³/mol. The first kappa shape index (κ1) is 21.2. The molecule has 2 N–H and O–H groups in total. The van der Waals surface area contributed by atoms with Crippen LogP contribution in [0.5, 0.6) is 0 Å². The van der Waals surface area contributed by atoms with Crippen LogP contribution in [0.15, 0.2) is 33.4 Å². The van der Waals surface area contributed by atoms with Crippen LogP contribution in [-0.2, 0) is 12.0 Å². The summed E-state index contributed by atoms with van der Waals surface area (Å²) in [5.41, 5.74) is -0.883. The molecule has 1 aliphatic heterocycles. The average molecular weight is 461 g/mol. The van der Waals surface area contributed by atoms with Crippen molar-refractivity contribution < 1.29 is 31.9 Å². The number of hydrogen-bond donors (Lipinski definition) is 2. The Kier molecular flexibility index (Phi) is 4.78. The van der Waals surface area contributed by atoms with Gasteiger partial charge in [0.25, 0.3) is 12.3 Å². The molecule has 0 fully saturated rings. The Morgan fingerprint density at radius 3 is 2.82 bits per heavy atom. The highest BCUT2D eigenvalue weighted by atomic mass is 19.3. The van der Waals surface area contributed by atoms with E-state index in [0.717, 1.165) is 5.69 Å². The van der Waals surface area contributed by atoms with Gasteiger partial charge in [-0.25, -0.2) is 28.1 Å². The summed E-state index contributed by atoms with van der Waals surface area (Å²) in [5, 5.41) is 10.1. The van der Waals surface area contributed by atoms with Crippen molar-refractivity contribution in [1.82, 2.24) is 24.8 Å². The molecule has 0 saturated carbocycles. The highest BCUT2D eigenvalue weighted by Crippen LogP contribution is 2.37. The Morgan fingerprint density at radius 1 is 1.30 bits per heavy atom. The van der Waals surface area contributed by atoms with Crippen LogP contribution in [0, 0.1) is 5.82 Å². The number of carbonyl (C=O) groups is 1. The number of amides is 1. The lowest BCUT2D eigenvalue weighted by Gasteiger charge is -2.32. The van der Waals surface area contributed by atoms with Gasteiger partial charge >= 0.3 is 0 Å². The van der Waals surface area contributed by atoms with Crippen LogP contribution < -0.4 is 0 Å². The maximum Gasteiger partial charge on any atom is 0.292 e. The van der Waals surface area contributed by atoms with E-state index in [1.807, 2.05) is 0 Å². The number of aliphatic hydroxyl groups is 1. The second-order valence-corrected chi connectivity index (χ2v) is 8.17. The number of aromatic nitrogens is 4. The van der Waals surface area contributed by atoms with Crippen LogP contribution >= 0.6 is 0 Å². The lowest BCUT2D eigenvalue weighted by molar-refractivity contribution is 0.0436. The molecule has 1 aromatic carbocycles. The number of hydrogen-bond acceptors (Lipinski definition) is 7. The van der Waals surface area contributed by atoms with E-state index in [0.29, 0.717) is 17.7 Å². The fraction of sp³-hybridized carbons (Fsp3) is 0.333. The minimum absolute atomic E-state index is 0.0397. The molecule has 3 aromatic heterocycles. The molecule has 0 saturated heterocycles. The van der Waals surface area contributed by atoms with Gasteiger partial charge in [-0.1, -0.05) is 0 Å². The van der Waals surface area contributed by atoms with E-state index in [9.17, 15) is 23.1 Å². The van der Waals surface area contributed by atoms with Crippen molar-refractivity contribution in [2.45, 2.75) is 38.3 Å². The molecule has 12 heteroatoms. The first-order chi connectivity index (χ1) is 15.6. The maximum absolute atomic E-state index is 13.7. The smallest absolute Gasteiger partial charge is 0.292 e. The third kappa shape index (κ3) is 3.55. The van der Waals surface area contributed by atoms with Gasteiger partial charge in [-0.3, -0.25) is 4.79 Å². The van der Waals surface area contributed by atoms with Crippen molar-refractivity contribution in [3.8, 4) is 0 Å². The molecule has 1 amide bonds. The standard InChI is InChI=1S/C21H18F3N5O4/c1-21(2,31)20-28-14(17(23)24)16(33-20)19(30)29-6-5-10-13(26-8-25-10)15(29)18-27-11-7-9(22)3-4-12(11)32-18/h3-4,7-8,15,17,31H,5-6H2,1-2H3,(H,25,26)/t15-/m0/s1. The number of benzene rings is 1. The molecule has 0 bridgehead atoms.